The maximum absolute atomic E-state index is 10.9. The molecule has 3 nitrogen and oxygen atoms in total. The van der Waals surface area contributed by atoms with Gasteiger partial charge >= 0.3 is 0 Å². The van der Waals surface area contributed by atoms with Crippen molar-refractivity contribution in [2.24, 2.45) is 0 Å². The Kier molecular flexibility index (Phi) is 21.0. The lowest BCUT2D eigenvalue weighted by molar-refractivity contribution is 0.178. The second kappa shape index (κ2) is 24.1. The number of halogens is 1. The van der Waals surface area contributed by atoms with Crippen LogP contribution in [-0.2, 0) is 6.42 Å². The molecule has 0 bridgehead atoms. The number of aliphatic hydroxyl groups is 1. The van der Waals surface area contributed by atoms with Gasteiger partial charge in [0.05, 0.1) is 6.10 Å². The van der Waals surface area contributed by atoms with Crippen molar-refractivity contribution >= 4 is 21.6 Å². The number of pyridine rings is 1. The van der Waals surface area contributed by atoms with E-state index in [2.05, 4.69) is 63.9 Å². The molecule has 1 unspecified atom stereocenters. The number of aromatic nitrogens is 1. The molecule has 2 aromatic rings. The zero-order valence-corrected chi connectivity index (χ0v) is 28.2. The molecule has 0 saturated carbocycles. The number of benzene rings is 1. The predicted octanol–water partition coefficient (Wildman–Crippen LogP) is 11.8. The van der Waals surface area contributed by atoms with E-state index in [0.717, 1.165) is 28.7 Å². The lowest BCUT2D eigenvalue weighted by Gasteiger charge is -2.26. The fourth-order valence-corrected chi connectivity index (χ4v) is 6.17. The average molecular weight is 630 g/mol. The summed E-state index contributed by atoms with van der Waals surface area (Å²) in [6, 6.07) is 10.7. The maximum atomic E-state index is 10.9. The Bertz CT molecular complexity index is 848. The van der Waals surface area contributed by atoms with Crippen molar-refractivity contribution in [1.82, 2.24) is 4.98 Å². The quantitative estimate of drug-likeness (QED) is 0.105. The Balaban J connectivity index is 1.79. The highest BCUT2D eigenvalue weighted by molar-refractivity contribution is 9.10. The summed E-state index contributed by atoms with van der Waals surface area (Å²) in [6.45, 7) is 6.86. The third-order valence-corrected chi connectivity index (χ3v) is 9.19. The van der Waals surface area contributed by atoms with Crippen LogP contribution >= 0.6 is 15.9 Å². The van der Waals surface area contributed by atoms with Crippen LogP contribution in [0.1, 0.15) is 159 Å². The molecule has 1 aromatic heterocycles. The minimum Gasteiger partial charge on any atom is -0.388 e. The second-order valence-corrected chi connectivity index (χ2v) is 13.0. The van der Waals surface area contributed by atoms with Crippen LogP contribution in [0.3, 0.4) is 0 Å². The Morgan fingerprint density at radius 1 is 0.634 bits per heavy atom. The number of nitrogens with zero attached hydrogens (tertiary/aromatic N) is 2. The molecule has 41 heavy (non-hydrogen) atoms. The van der Waals surface area contributed by atoms with Crippen LogP contribution in [-0.4, -0.2) is 23.2 Å². The Hall–Kier alpha value is -1.39. The molecule has 0 amide bonds. The minimum atomic E-state index is -0.514. The average Bonchev–Trinajstić information content (AvgIpc) is 2.99. The van der Waals surface area contributed by atoms with E-state index in [0.29, 0.717) is 6.42 Å². The Morgan fingerprint density at radius 2 is 1.07 bits per heavy atom. The molecule has 232 valence electrons. The van der Waals surface area contributed by atoms with Gasteiger partial charge in [0.25, 0.3) is 0 Å². The zero-order chi connectivity index (χ0) is 29.4. The van der Waals surface area contributed by atoms with Crippen molar-refractivity contribution in [2.75, 3.05) is 18.0 Å². The van der Waals surface area contributed by atoms with E-state index in [9.17, 15) is 5.11 Å². The van der Waals surface area contributed by atoms with Crippen molar-refractivity contribution in [3.05, 3.63) is 58.3 Å². The number of anilines is 1. The monoisotopic (exact) mass is 628 g/mol. The van der Waals surface area contributed by atoms with Crippen LogP contribution in [0.2, 0.25) is 0 Å². The molecular weight excluding hydrogens is 568 g/mol. The summed E-state index contributed by atoms with van der Waals surface area (Å²) in [6.07, 6.45) is 31.2. The number of hydrogen-bond acceptors (Lipinski definition) is 3. The van der Waals surface area contributed by atoms with Crippen LogP contribution in [0.4, 0.5) is 5.69 Å². The zero-order valence-electron chi connectivity index (χ0n) is 26.6. The molecule has 0 saturated heterocycles. The van der Waals surface area contributed by atoms with Gasteiger partial charge in [-0.05, 0) is 58.1 Å². The van der Waals surface area contributed by atoms with E-state index < -0.39 is 6.10 Å². The fraction of sp³-hybridized carbons (Fsp3) is 0.703. The smallest absolute Gasteiger partial charge is 0.0830 e. The standard InChI is InChI=1S/C37H61BrN2O/c1-3-5-7-9-11-13-15-17-19-21-29-40(30-22-20-18-16-14-12-10-8-6-4-2)35-25-23-33(24-26-35)37(41)31-34-27-28-39-32-36(34)38/h23-28,32,37,41H,3-22,29-31H2,1-2H3. The highest BCUT2D eigenvalue weighted by atomic mass is 79.9. The number of aliphatic hydroxyl groups excluding tert-OH is 1. The molecule has 1 heterocycles. The fourth-order valence-electron chi connectivity index (χ4n) is 5.75. The van der Waals surface area contributed by atoms with E-state index in [-0.39, 0.29) is 0 Å². The molecule has 0 aliphatic heterocycles. The van der Waals surface area contributed by atoms with Gasteiger partial charge in [-0.3, -0.25) is 4.98 Å². The maximum Gasteiger partial charge on any atom is 0.0830 e. The molecule has 4 heteroatoms. The molecule has 0 radical (unpaired) electrons. The Labute approximate surface area is 262 Å². The van der Waals surface area contributed by atoms with E-state index in [1.165, 1.54) is 134 Å². The molecule has 1 aromatic carbocycles. The van der Waals surface area contributed by atoms with Gasteiger partial charge in [0.1, 0.15) is 0 Å². The summed E-state index contributed by atoms with van der Waals surface area (Å²) in [5, 5.41) is 10.9. The third kappa shape index (κ3) is 16.7. The lowest BCUT2D eigenvalue weighted by Crippen LogP contribution is -2.25. The summed E-state index contributed by atoms with van der Waals surface area (Å²) in [5.74, 6) is 0. The SMILES string of the molecule is CCCCCCCCCCCCN(CCCCCCCCCCCC)c1ccc(C(O)Cc2ccncc2Br)cc1. The molecule has 0 fully saturated rings. The lowest BCUT2D eigenvalue weighted by atomic mass is 10.0. The summed E-state index contributed by atoms with van der Waals surface area (Å²) >= 11 is 3.56. The number of unbranched alkanes of at least 4 members (excludes halogenated alkanes) is 18. The van der Waals surface area contributed by atoms with Crippen LogP contribution in [0.5, 0.6) is 0 Å². The molecule has 2 rings (SSSR count). The van der Waals surface area contributed by atoms with Gasteiger partial charge in [0, 0.05) is 42.1 Å². The van der Waals surface area contributed by atoms with Gasteiger partial charge in [0.2, 0.25) is 0 Å². The summed E-state index contributed by atoms with van der Waals surface area (Å²) in [4.78, 5) is 6.74. The Morgan fingerprint density at radius 3 is 1.51 bits per heavy atom. The highest BCUT2D eigenvalue weighted by Gasteiger charge is 2.13. The van der Waals surface area contributed by atoms with E-state index >= 15 is 0 Å². The first-order valence-corrected chi connectivity index (χ1v) is 18.1. The van der Waals surface area contributed by atoms with Gasteiger partial charge < -0.3 is 10.0 Å². The first-order valence-electron chi connectivity index (χ1n) is 17.3. The van der Waals surface area contributed by atoms with Crippen LogP contribution in [0.15, 0.2) is 47.2 Å². The molecular formula is C37H61BrN2O. The minimum absolute atomic E-state index is 0.514. The van der Waals surface area contributed by atoms with E-state index in [4.69, 9.17) is 0 Å². The van der Waals surface area contributed by atoms with Crippen LogP contribution in [0.25, 0.3) is 0 Å². The van der Waals surface area contributed by atoms with Gasteiger partial charge in [-0.1, -0.05) is 142 Å². The van der Waals surface area contributed by atoms with Gasteiger partial charge in [0.15, 0.2) is 0 Å². The van der Waals surface area contributed by atoms with Crippen molar-refractivity contribution in [2.45, 2.75) is 155 Å². The molecule has 0 aliphatic carbocycles. The third-order valence-electron chi connectivity index (χ3n) is 8.48. The van der Waals surface area contributed by atoms with E-state index in [1.807, 2.05) is 6.07 Å². The van der Waals surface area contributed by atoms with Crippen LogP contribution < -0.4 is 4.90 Å². The normalized spacial score (nSPS) is 12.1. The summed E-state index contributed by atoms with van der Waals surface area (Å²) < 4.78 is 0.954. The largest absolute Gasteiger partial charge is 0.388 e. The second-order valence-electron chi connectivity index (χ2n) is 12.1. The molecule has 1 atom stereocenters. The number of rotatable bonds is 26. The van der Waals surface area contributed by atoms with Gasteiger partial charge in [-0.25, -0.2) is 0 Å². The first-order chi connectivity index (χ1) is 20.2. The highest BCUT2D eigenvalue weighted by Crippen LogP contribution is 2.26. The molecule has 0 aliphatic rings. The van der Waals surface area contributed by atoms with Gasteiger partial charge in [-0.2, -0.15) is 0 Å². The van der Waals surface area contributed by atoms with Crippen molar-refractivity contribution in [3.63, 3.8) is 0 Å². The van der Waals surface area contributed by atoms with Crippen LogP contribution in [0, 0.1) is 0 Å². The number of hydrogen-bond donors (Lipinski definition) is 1. The predicted molar refractivity (Wildman–Crippen MR) is 183 cm³/mol. The summed E-state index contributed by atoms with van der Waals surface area (Å²) in [5.41, 5.74) is 3.37. The van der Waals surface area contributed by atoms with Gasteiger partial charge in [-0.15, -0.1) is 0 Å². The van der Waals surface area contributed by atoms with Crippen molar-refractivity contribution < 1.29 is 5.11 Å². The summed E-state index contributed by atoms with van der Waals surface area (Å²) in [7, 11) is 0. The first kappa shape index (κ1) is 35.8. The van der Waals surface area contributed by atoms with E-state index in [1.54, 1.807) is 12.4 Å². The molecule has 1 N–H and O–H groups in total. The topological polar surface area (TPSA) is 36.4 Å². The van der Waals surface area contributed by atoms with Crippen molar-refractivity contribution in [3.8, 4) is 0 Å². The molecule has 0 spiro atoms. The van der Waals surface area contributed by atoms with Crippen molar-refractivity contribution in [1.29, 1.82) is 0 Å².